The lowest BCUT2D eigenvalue weighted by Crippen LogP contribution is -2.30. The SMILES string of the molecule is COc1ccc(S(=O)(=O)NN)cc1C(N)=O. The number of primary amides is 1. The van der Waals surface area contributed by atoms with Gasteiger partial charge in [-0.15, -0.1) is 0 Å². The molecular formula is C8H11N3O4S. The molecule has 0 atom stereocenters. The predicted octanol–water partition coefficient (Wildman–Crippen LogP) is -1.05. The number of hydrazine groups is 1. The second-order valence-electron chi connectivity index (χ2n) is 2.85. The van der Waals surface area contributed by atoms with Crippen molar-refractivity contribution >= 4 is 15.9 Å². The van der Waals surface area contributed by atoms with Gasteiger partial charge in [-0.05, 0) is 18.2 Å². The highest BCUT2D eigenvalue weighted by Crippen LogP contribution is 2.21. The number of amides is 1. The van der Waals surface area contributed by atoms with Crippen LogP contribution in [0, 0.1) is 0 Å². The van der Waals surface area contributed by atoms with E-state index >= 15 is 0 Å². The molecule has 0 aromatic heterocycles. The molecule has 0 aliphatic heterocycles. The minimum absolute atomic E-state index is 0.0289. The van der Waals surface area contributed by atoms with Crippen LogP contribution in [0.4, 0.5) is 0 Å². The first-order chi connectivity index (χ1) is 7.42. The van der Waals surface area contributed by atoms with Gasteiger partial charge in [0.05, 0.1) is 17.6 Å². The lowest BCUT2D eigenvalue weighted by atomic mass is 10.2. The van der Waals surface area contributed by atoms with Crippen LogP contribution in [0.1, 0.15) is 10.4 Å². The number of nitrogens with one attached hydrogen (secondary N) is 1. The molecule has 1 aromatic rings. The van der Waals surface area contributed by atoms with Crippen molar-refractivity contribution in [1.82, 2.24) is 4.83 Å². The second-order valence-corrected chi connectivity index (χ2v) is 4.56. The zero-order chi connectivity index (χ0) is 12.3. The van der Waals surface area contributed by atoms with E-state index in [2.05, 4.69) is 0 Å². The summed E-state index contributed by atoms with van der Waals surface area (Å²) in [5.41, 5.74) is 5.05. The van der Waals surface area contributed by atoms with E-state index in [4.69, 9.17) is 16.3 Å². The molecule has 88 valence electrons. The smallest absolute Gasteiger partial charge is 0.253 e. The van der Waals surface area contributed by atoms with Crippen molar-refractivity contribution in [3.63, 3.8) is 0 Å². The molecular weight excluding hydrogens is 234 g/mol. The summed E-state index contributed by atoms with van der Waals surface area (Å²) in [6.45, 7) is 0. The molecule has 0 saturated carbocycles. The number of hydrogen-bond acceptors (Lipinski definition) is 5. The van der Waals surface area contributed by atoms with Gasteiger partial charge in [-0.25, -0.2) is 8.42 Å². The molecule has 1 amide bonds. The normalized spacial score (nSPS) is 11.1. The topological polar surface area (TPSA) is 125 Å². The third-order valence-electron chi connectivity index (χ3n) is 1.90. The Bertz CT molecular complexity index is 512. The van der Waals surface area contributed by atoms with Crippen LogP contribution < -0.4 is 21.1 Å². The highest BCUT2D eigenvalue weighted by atomic mass is 32.2. The molecule has 8 heteroatoms. The number of rotatable bonds is 4. The molecule has 1 rings (SSSR count). The number of benzene rings is 1. The number of carbonyl (C=O) groups is 1. The van der Waals surface area contributed by atoms with Gasteiger partial charge < -0.3 is 10.5 Å². The van der Waals surface area contributed by atoms with E-state index in [1.54, 1.807) is 4.83 Å². The van der Waals surface area contributed by atoms with Crippen LogP contribution in [-0.4, -0.2) is 21.4 Å². The summed E-state index contributed by atoms with van der Waals surface area (Å²) in [6.07, 6.45) is 0. The van der Waals surface area contributed by atoms with Gasteiger partial charge in [0.15, 0.2) is 0 Å². The molecule has 0 radical (unpaired) electrons. The monoisotopic (exact) mass is 245 g/mol. The number of sulfonamides is 1. The van der Waals surface area contributed by atoms with Crippen LogP contribution >= 0.6 is 0 Å². The summed E-state index contributed by atoms with van der Waals surface area (Å²) in [4.78, 5) is 12.5. The number of hydrogen-bond donors (Lipinski definition) is 3. The Balaban J connectivity index is 3.39. The van der Waals surface area contributed by atoms with E-state index in [1.807, 2.05) is 0 Å². The summed E-state index contributed by atoms with van der Waals surface area (Å²) in [5.74, 6) is 4.26. The number of methoxy groups -OCH3 is 1. The van der Waals surface area contributed by atoms with E-state index in [0.29, 0.717) is 0 Å². The Kier molecular flexibility index (Phi) is 3.48. The van der Waals surface area contributed by atoms with Gasteiger partial charge in [-0.2, -0.15) is 4.83 Å². The summed E-state index contributed by atoms with van der Waals surface area (Å²) < 4.78 is 27.6. The van der Waals surface area contributed by atoms with Crippen LogP contribution in [0.25, 0.3) is 0 Å². The maximum absolute atomic E-state index is 11.3. The molecule has 0 bridgehead atoms. The summed E-state index contributed by atoms with van der Waals surface area (Å²) >= 11 is 0. The van der Waals surface area contributed by atoms with E-state index in [9.17, 15) is 13.2 Å². The minimum Gasteiger partial charge on any atom is -0.496 e. The lowest BCUT2D eigenvalue weighted by Gasteiger charge is -2.08. The van der Waals surface area contributed by atoms with Crippen LogP contribution in [0.5, 0.6) is 5.75 Å². The highest BCUT2D eigenvalue weighted by Gasteiger charge is 2.17. The number of ether oxygens (including phenoxy) is 1. The maximum atomic E-state index is 11.3. The average molecular weight is 245 g/mol. The van der Waals surface area contributed by atoms with Gasteiger partial charge in [0.25, 0.3) is 15.9 Å². The van der Waals surface area contributed by atoms with E-state index in [1.165, 1.54) is 19.2 Å². The quantitative estimate of drug-likeness (QED) is 0.461. The first kappa shape index (κ1) is 12.4. The largest absolute Gasteiger partial charge is 0.496 e. The molecule has 5 N–H and O–H groups in total. The minimum atomic E-state index is -3.81. The Morgan fingerprint density at radius 2 is 2.06 bits per heavy atom. The molecule has 7 nitrogen and oxygen atoms in total. The van der Waals surface area contributed by atoms with Crippen LogP contribution in [0.2, 0.25) is 0 Å². The molecule has 16 heavy (non-hydrogen) atoms. The fourth-order valence-corrected chi connectivity index (χ4v) is 1.77. The fraction of sp³-hybridized carbons (Fsp3) is 0.125. The lowest BCUT2D eigenvalue weighted by molar-refractivity contribution is 0.0997. The van der Waals surface area contributed by atoms with Gasteiger partial charge in [0, 0.05) is 0 Å². The van der Waals surface area contributed by atoms with Gasteiger partial charge in [-0.1, -0.05) is 0 Å². The van der Waals surface area contributed by atoms with Gasteiger partial charge in [0.2, 0.25) is 0 Å². The van der Waals surface area contributed by atoms with Crippen LogP contribution in [0.15, 0.2) is 23.1 Å². The maximum Gasteiger partial charge on any atom is 0.253 e. The Morgan fingerprint density at radius 3 is 2.50 bits per heavy atom. The summed E-state index contributed by atoms with van der Waals surface area (Å²) in [6, 6.07) is 3.67. The van der Waals surface area contributed by atoms with Crippen molar-refractivity contribution in [2.24, 2.45) is 11.6 Å². The van der Waals surface area contributed by atoms with Crippen molar-refractivity contribution < 1.29 is 17.9 Å². The molecule has 0 saturated heterocycles. The van der Waals surface area contributed by atoms with Gasteiger partial charge >= 0.3 is 0 Å². The van der Waals surface area contributed by atoms with Crippen molar-refractivity contribution in [3.05, 3.63) is 23.8 Å². The molecule has 1 aromatic carbocycles. The average Bonchev–Trinajstić information content (AvgIpc) is 2.28. The van der Waals surface area contributed by atoms with E-state index in [-0.39, 0.29) is 16.2 Å². The fourth-order valence-electron chi connectivity index (χ4n) is 1.11. The van der Waals surface area contributed by atoms with Gasteiger partial charge in [-0.3, -0.25) is 10.6 Å². The summed E-state index contributed by atoms with van der Waals surface area (Å²) in [5, 5.41) is 0. The molecule has 0 fully saturated rings. The third kappa shape index (κ3) is 2.30. The van der Waals surface area contributed by atoms with Crippen molar-refractivity contribution in [3.8, 4) is 5.75 Å². The number of nitrogens with two attached hydrogens (primary N) is 2. The zero-order valence-corrected chi connectivity index (χ0v) is 9.24. The highest BCUT2D eigenvalue weighted by molar-refractivity contribution is 7.89. The van der Waals surface area contributed by atoms with Crippen molar-refractivity contribution in [2.75, 3.05) is 7.11 Å². The molecule has 0 aliphatic rings. The standard InChI is InChI=1S/C8H11N3O4S/c1-15-7-3-2-5(16(13,14)11-10)4-6(7)8(9)12/h2-4,11H,10H2,1H3,(H2,9,12). The van der Waals surface area contributed by atoms with Crippen molar-refractivity contribution in [2.45, 2.75) is 4.90 Å². The number of carbonyl (C=O) groups excluding carboxylic acids is 1. The predicted molar refractivity (Wildman–Crippen MR) is 56.0 cm³/mol. The van der Waals surface area contributed by atoms with Gasteiger partial charge in [0.1, 0.15) is 5.75 Å². The van der Waals surface area contributed by atoms with E-state index < -0.39 is 15.9 Å². The Labute approximate surface area is 92.4 Å². The van der Waals surface area contributed by atoms with Crippen LogP contribution in [0.3, 0.4) is 0 Å². The molecule has 0 heterocycles. The van der Waals surface area contributed by atoms with E-state index in [0.717, 1.165) is 6.07 Å². The molecule has 0 unspecified atom stereocenters. The zero-order valence-electron chi connectivity index (χ0n) is 8.43. The molecule has 0 spiro atoms. The third-order valence-corrected chi connectivity index (χ3v) is 3.09. The Morgan fingerprint density at radius 1 is 1.44 bits per heavy atom. The Hall–Kier alpha value is -1.64. The molecule has 0 aliphatic carbocycles. The van der Waals surface area contributed by atoms with Crippen LogP contribution in [-0.2, 0) is 10.0 Å². The van der Waals surface area contributed by atoms with Crippen molar-refractivity contribution in [1.29, 1.82) is 0 Å². The summed E-state index contributed by atoms with van der Waals surface area (Å²) in [7, 11) is -2.47. The first-order valence-electron chi connectivity index (χ1n) is 4.12. The first-order valence-corrected chi connectivity index (χ1v) is 5.61. The second kappa shape index (κ2) is 4.47.